The number of amides is 2. The summed E-state index contributed by atoms with van der Waals surface area (Å²) in [7, 11) is 0. The number of rotatable bonds is 5. The van der Waals surface area contributed by atoms with Crippen LogP contribution in [0.5, 0.6) is 0 Å². The summed E-state index contributed by atoms with van der Waals surface area (Å²) in [6, 6.07) is 6.01. The Labute approximate surface area is 151 Å². The van der Waals surface area contributed by atoms with Gasteiger partial charge in [0.05, 0.1) is 6.54 Å². The smallest absolute Gasteiger partial charge is 0.238 e. The first-order valence-electron chi connectivity index (χ1n) is 7.97. The Kier molecular flexibility index (Phi) is 6.83. The molecule has 0 unspecified atom stereocenters. The minimum Gasteiger partial charge on any atom is -0.356 e. The summed E-state index contributed by atoms with van der Waals surface area (Å²) in [5, 5.41) is 5.87. The number of aryl methyl sites for hydroxylation is 1. The van der Waals surface area contributed by atoms with E-state index < -0.39 is 0 Å². The minimum atomic E-state index is 0.0275. The van der Waals surface area contributed by atoms with Crippen molar-refractivity contribution in [2.45, 2.75) is 26.7 Å². The van der Waals surface area contributed by atoms with E-state index in [9.17, 15) is 9.59 Å². The van der Waals surface area contributed by atoms with Crippen molar-refractivity contribution in [2.75, 3.05) is 31.5 Å². The lowest BCUT2D eigenvalue weighted by Gasteiger charge is -2.31. The van der Waals surface area contributed by atoms with Crippen LogP contribution in [-0.2, 0) is 9.59 Å². The standard InChI is InChI=1S/C17H24IN3O2/c1-12-9-15(18)3-4-16(12)20-17(23)11-21-7-5-14(6-8-21)10-19-13(2)22/h3-4,9,14H,5-8,10-11H2,1-2H3,(H,19,22)(H,20,23). The lowest BCUT2D eigenvalue weighted by atomic mass is 9.97. The first kappa shape index (κ1) is 18.2. The molecule has 0 radical (unpaired) electrons. The van der Waals surface area contributed by atoms with Gasteiger partial charge in [-0.15, -0.1) is 0 Å². The fourth-order valence-electron chi connectivity index (χ4n) is 2.80. The van der Waals surface area contributed by atoms with Crippen LogP contribution in [0.1, 0.15) is 25.3 Å². The molecule has 2 amide bonds. The number of likely N-dealkylation sites (tertiary alicyclic amines) is 1. The van der Waals surface area contributed by atoms with Crippen molar-refractivity contribution >= 4 is 40.1 Å². The van der Waals surface area contributed by atoms with Gasteiger partial charge in [0.25, 0.3) is 0 Å². The van der Waals surface area contributed by atoms with Gasteiger partial charge in [0, 0.05) is 22.7 Å². The van der Waals surface area contributed by atoms with Crippen molar-refractivity contribution in [3.8, 4) is 0 Å². The summed E-state index contributed by atoms with van der Waals surface area (Å²) in [4.78, 5) is 25.3. The molecule has 1 aliphatic rings. The van der Waals surface area contributed by atoms with Gasteiger partial charge in [-0.1, -0.05) is 0 Å². The fourth-order valence-corrected chi connectivity index (χ4v) is 3.44. The highest BCUT2D eigenvalue weighted by atomic mass is 127. The van der Waals surface area contributed by atoms with Crippen LogP contribution in [0, 0.1) is 16.4 Å². The number of carbonyl (C=O) groups is 2. The monoisotopic (exact) mass is 429 g/mol. The van der Waals surface area contributed by atoms with E-state index in [2.05, 4.69) is 44.2 Å². The van der Waals surface area contributed by atoms with Crippen molar-refractivity contribution in [3.63, 3.8) is 0 Å². The number of anilines is 1. The molecule has 1 heterocycles. The molecular formula is C17H24IN3O2. The average Bonchev–Trinajstić information content (AvgIpc) is 2.49. The van der Waals surface area contributed by atoms with Gasteiger partial charge < -0.3 is 10.6 Å². The number of benzene rings is 1. The van der Waals surface area contributed by atoms with E-state index in [0.717, 1.165) is 43.7 Å². The normalized spacial score (nSPS) is 16.1. The molecule has 1 aliphatic heterocycles. The predicted octanol–water partition coefficient (Wildman–Crippen LogP) is 2.39. The third-order valence-electron chi connectivity index (χ3n) is 4.18. The van der Waals surface area contributed by atoms with Crippen LogP contribution in [0.15, 0.2) is 18.2 Å². The van der Waals surface area contributed by atoms with Gasteiger partial charge in [-0.05, 0) is 85.1 Å². The lowest BCUT2D eigenvalue weighted by molar-refractivity contribution is -0.119. The Bertz CT molecular complexity index is 569. The van der Waals surface area contributed by atoms with Crippen LogP contribution in [0.3, 0.4) is 0 Å². The summed E-state index contributed by atoms with van der Waals surface area (Å²) in [5.41, 5.74) is 1.97. The maximum Gasteiger partial charge on any atom is 0.238 e. The molecule has 2 rings (SSSR count). The average molecular weight is 429 g/mol. The molecule has 126 valence electrons. The van der Waals surface area contributed by atoms with E-state index in [4.69, 9.17) is 0 Å². The lowest BCUT2D eigenvalue weighted by Crippen LogP contribution is -2.41. The maximum atomic E-state index is 12.2. The largest absolute Gasteiger partial charge is 0.356 e. The van der Waals surface area contributed by atoms with Gasteiger partial charge in [0.15, 0.2) is 0 Å². The van der Waals surface area contributed by atoms with Crippen molar-refractivity contribution in [1.82, 2.24) is 10.2 Å². The number of piperidine rings is 1. The van der Waals surface area contributed by atoms with E-state index >= 15 is 0 Å². The van der Waals surface area contributed by atoms with Crippen LogP contribution in [0.2, 0.25) is 0 Å². The zero-order valence-electron chi connectivity index (χ0n) is 13.7. The zero-order valence-corrected chi connectivity index (χ0v) is 15.9. The SMILES string of the molecule is CC(=O)NCC1CCN(CC(=O)Nc2ccc(I)cc2C)CC1. The van der Waals surface area contributed by atoms with Crippen molar-refractivity contribution in [2.24, 2.45) is 5.92 Å². The Hall–Kier alpha value is -1.15. The predicted molar refractivity (Wildman–Crippen MR) is 100 cm³/mol. The minimum absolute atomic E-state index is 0.0275. The molecule has 0 aliphatic carbocycles. The van der Waals surface area contributed by atoms with Gasteiger partial charge in [-0.25, -0.2) is 0 Å². The third kappa shape index (κ3) is 6.10. The molecular weight excluding hydrogens is 405 g/mol. The molecule has 0 bridgehead atoms. The first-order chi connectivity index (χ1) is 10.9. The van der Waals surface area contributed by atoms with Crippen LogP contribution in [-0.4, -0.2) is 42.9 Å². The van der Waals surface area contributed by atoms with Gasteiger partial charge >= 0.3 is 0 Å². The van der Waals surface area contributed by atoms with E-state index in [1.54, 1.807) is 6.92 Å². The third-order valence-corrected chi connectivity index (χ3v) is 4.85. The summed E-state index contributed by atoms with van der Waals surface area (Å²) in [5.74, 6) is 0.589. The van der Waals surface area contributed by atoms with Crippen molar-refractivity contribution < 1.29 is 9.59 Å². The van der Waals surface area contributed by atoms with Crippen LogP contribution < -0.4 is 10.6 Å². The van der Waals surface area contributed by atoms with Crippen LogP contribution in [0.25, 0.3) is 0 Å². The molecule has 2 N–H and O–H groups in total. The molecule has 0 aromatic heterocycles. The molecule has 23 heavy (non-hydrogen) atoms. The second-order valence-corrected chi connectivity index (χ2v) is 7.41. The highest BCUT2D eigenvalue weighted by Crippen LogP contribution is 2.19. The van der Waals surface area contributed by atoms with Gasteiger partial charge in [0.2, 0.25) is 11.8 Å². The molecule has 1 aromatic carbocycles. The van der Waals surface area contributed by atoms with E-state index in [0.29, 0.717) is 12.5 Å². The van der Waals surface area contributed by atoms with Crippen molar-refractivity contribution in [3.05, 3.63) is 27.3 Å². The highest BCUT2D eigenvalue weighted by molar-refractivity contribution is 14.1. The Morgan fingerprint density at radius 3 is 2.61 bits per heavy atom. The van der Waals surface area contributed by atoms with Gasteiger partial charge in [0.1, 0.15) is 0 Å². The second-order valence-electron chi connectivity index (χ2n) is 6.16. The molecule has 0 atom stereocenters. The summed E-state index contributed by atoms with van der Waals surface area (Å²) in [6.07, 6.45) is 2.05. The molecule has 0 spiro atoms. The number of hydrogen-bond donors (Lipinski definition) is 2. The first-order valence-corrected chi connectivity index (χ1v) is 9.04. The molecule has 5 nitrogen and oxygen atoms in total. The van der Waals surface area contributed by atoms with Crippen LogP contribution in [0.4, 0.5) is 5.69 Å². The Morgan fingerprint density at radius 1 is 1.30 bits per heavy atom. The fraction of sp³-hybridized carbons (Fsp3) is 0.529. The number of carbonyl (C=O) groups excluding carboxylic acids is 2. The number of halogens is 1. The van der Waals surface area contributed by atoms with E-state index in [1.165, 1.54) is 3.57 Å². The van der Waals surface area contributed by atoms with Crippen LogP contribution >= 0.6 is 22.6 Å². The number of hydrogen-bond acceptors (Lipinski definition) is 3. The van der Waals surface area contributed by atoms with Gasteiger partial charge in [-0.2, -0.15) is 0 Å². The molecule has 1 fully saturated rings. The number of nitrogens with zero attached hydrogens (tertiary/aromatic N) is 1. The second kappa shape index (κ2) is 8.63. The Morgan fingerprint density at radius 2 is 2.00 bits per heavy atom. The Balaban J connectivity index is 1.75. The molecule has 1 aromatic rings. The van der Waals surface area contributed by atoms with E-state index in [-0.39, 0.29) is 11.8 Å². The molecule has 6 heteroatoms. The van der Waals surface area contributed by atoms with E-state index in [1.807, 2.05) is 19.1 Å². The molecule has 0 saturated carbocycles. The van der Waals surface area contributed by atoms with Gasteiger partial charge in [-0.3, -0.25) is 14.5 Å². The quantitative estimate of drug-likeness (QED) is 0.707. The molecule has 1 saturated heterocycles. The topological polar surface area (TPSA) is 61.4 Å². The maximum absolute atomic E-state index is 12.2. The number of nitrogens with one attached hydrogen (secondary N) is 2. The zero-order chi connectivity index (χ0) is 16.8. The summed E-state index contributed by atoms with van der Waals surface area (Å²) >= 11 is 2.27. The van der Waals surface area contributed by atoms with Crippen molar-refractivity contribution in [1.29, 1.82) is 0 Å². The summed E-state index contributed by atoms with van der Waals surface area (Å²) < 4.78 is 1.17. The highest BCUT2D eigenvalue weighted by Gasteiger charge is 2.21. The summed E-state index contributed by atoms with van der Waals surface area (Å²) in [6.45, 7) is 6.54.